The predicted octanol–water partition coefficient (Wildman–Crippen LogP) is 6.19. The molecule has 0 saturated heterocycles. The quantitative estimate of drug-likeness (QED) is 0.390. The summed E-state index contributed by atoms with van der Waals surface area (Å²) in [6.07, 6.45) is 1.26. The fraction of sp³-hybridized carbons (Fsp3) is 0.417. The lowest BCUT2D eigenvalue weighted by atomic mass is 9.79. The van der Waals surface area contributed by atoms with Crippen LogP contribution < -0.4 is 4.74 Å². The first kappa shape index (κ1) is 22.6. The number of hydrogen-bond donors (Lipinski definition) is 0. The third-order valence-electron chi connectivity index (χ3n) is 5.14. The van der Waals surface area contributed by atoms with Crippen molar-refractivity contribution in [2.24, 2.45) is 0 Å². The van der Waals surface area contributed by atoms with Gasteiger partial charge in [0, 0.05) is 12.0 Å². The lowest BCUT2D eigenvalue weighted by Crippen LogP contribution is -2.29. The highest BCUT2D eigenvalue weighted by atomic mass is 35.5. The van der Waals surface area contributed by atoms with Gasteiger partial charge in [0.25, 0.3) is 0 Å². The standard InChI is InChI=1S/C24H26Cl2O4/c1-23(2,3)30-18(27)11-8-12-29-17-13-15-14-24(4,16-9-6-5-7-10-16)22(28)19(15)21(26)20(17)25/h5-7,9-10,13H,8,11-12,14H2,1-4H3/t24-/m1/s1. The van der Waals surface area contributed by atoms with Crippen molar-refractivity contribution in [3.63, 3.8) is 0 Å². The molecule has 1 aliphatic carbocycles. The molecule has 0 aliphatic heterocycles. The first-order valence-corrected chi connectivity index (χ1v) is 10.7. The number of Topliss-reactive ketones (excluding diaryl/α,β-unsaturated/α-hetero) is 1. The van der Waals surface area contributed by atoms with Gasteiger partial charge in [-0.05, 0) is 57.7 Å². The molecule has 0 unspecified atom stereocenters. The zero-order valence-corrected chi connectivity index (χ0v) is 19.2. The highest BCUT2D eigenvalue weighted by Crippen LogP contribution is 2.47. The van der Waals surface area contributed by atoms with E-state index < -0.39 is 11.0 Å². The number of esters is 1. The Morgan fingerprint density at radius 1 is 1.13 bits per heavy atom. The summed E-state index contributed by atoms with van der Waals surface area (Å²) in [5, 5.41) is 0.444. The van der Waals surface area contributed by atoms with Crippen LogP contribution in [0.1, 0.15) is 62.0 Å². The Kier molecular flexibility index (Phi) is 6.49. The van der Waals surface area contributed by atoms with E-state index in [9.17, 15) is 9.59 Å². The zero-order chi connectivity index (χ0) is 22.1. The van der Waals surface area contributed by atoms with Crippen LogP contribution in [0.25, 0.3) is 0 Å². The summed E-state index contributed by atoms with van der Waals surface area (Å²) < 4.78 is 11.1. The second kappa shape index (κ2) is 8.60. The molecule has 0 bridgehead atoms. The number of ketones is 1. The summed E-state index contributed by atoms with van der Waals surface area (Å²) in [7, 11) is 0. The second-order valence-corrected chi connectivity index (χ2v) is 9.54. The van der Waals surface area contributed by atoms with Gasteiger partial charge in [0.05, 0.1) is 17.0 Å². The Morgan fingerprint density at radius 2 is 1.80 bits per heavy atom. The Labute approximate surface area is 187 Å². The number of rotatable bonds is 6. The molecule has 0 spiro atoms. The van der Waals surface area contributed by atoms with Crippen molar-refractivity contribution in [3.05, 3.63) is 63.1 Å². The fourth-order valence-electron chi connectivity index (χ4n) is 3.71. The van der Waals surface area contributed by atoms with E-state index in [4.69, 9.17) is 32.7 Å². The van der Waals surface area contributed by atoms with Gasteiger partial charge in [0.15, 0.2) is 5.78 Å². The normalized spacial score (nSPS) is 18.3. The number of halogens is 2. The molecule has 0 aromatic heterocycles. The van der Waals surface area contributed by atoms with E-state index in [1.807, 2.05) is 58.0 Å². The molecule has 0 radical (unpaired) electrons. The molecule has 0 saturated carbocycles. The number of carbonyl (C=O) groups is 2. The van der Waals surface area contributed by atoms with Crippen molar-refractivity contribution in [3.8, 4) is 5.75 Å². The third kappa shape index (κ3) is 4.65. The van der Waals surface area contributed by atoms with Crippen LogP contribution in [-0.4, -0.2) is 24.0 Å². The minimum absolute atomic E-state index is 0.0351. The Bertz CT molecular complexity index is 963. The van der Waals surface area contributed by atoms with Gasteiger partial charge < -0.3 is 9.47 Å². The Hall–Kier alpha value is -2.04. The van der Waals surface area contributed by atoms with Crippen LogP contribution >= 0.6 is 23.2 Å². The average molecular weight is 449 g/mol. The van der Waals surface area contributed by atoms with Crippen molar-refractivity contribution in [2.75, 3.05) is 6.61 Å². The molecule has 4 nitrogen and oxygen atoms in total. The molecule has 30 heavy (non-hydrogen) atoms. The Morgan fingerprint density at radius 3 is 2.43 bits per heavy atom. The maximum atomic E-state index is 13.2. The van der Waals surface area contributed by atoms with Crippen LogP contribution in [0.15, 0.2) is 36.4 Å². The highest BCUT2D eigenvalue weighted by Gasteiger charge is 2.45. The van der Waals surface area contributed by atoms with Gasteiger partial charge in [-0.1, -0.05) is 53.5 Å². The SMILES string of the molecule is CC(C)(C)OC(=O)CCCOc1cc2c(c(Cl)c1Cl)C(=O)[C@@](C)(c1ccccc1)C2. The van der Waals surface area contributed by atoms with E-state index >= 15 is 0 Å². The summed E-state index contributed by atoms with van der Waals surface area (Å²) in [4.78, 5) is 25.0. The second-order valence-electron chi connectivity index (χ2n) is 8.78. The van der Waals surface area contributed by atoms with Crippen molar-refractivity contribution >= 4 is 35.0 Å². The van der Waals surface area contributed by atoms with Crippen molar-refractivity contribution in [2.45, 2.75) is 58.0 Å². The van der Waals surface area contributed by atoms with Gasteiger partial charge in [0.1, 0.15) is 16.4 Å². The lowest BCUT2D eigenvalue weighted by molar-refractivity contribution is -0.155. The van der Waals surface area contributed by atoms with E-state index in [1.54, 1.807) is 6.07 Å². The first-order valence-electron chi connectivity index (χ1n) is 9.99. The summed E-state index contributed by atoms with van der Waals surface area (Å²) in [5.41, 5.74) is 1.04. The van der Waals surface area contributed by atoms with Gasteiger partial charge in [-0.2, -0.15) is 0 Å². The van der Waals surface area contributed by atoms with Crippen molar-refractivity contribution in [1.29, 1.82) is 0 Å². The molecule has 0 amide bonds. The molecular formula is C24H26Cl2O4. The summed E-state index contributed by atoms with van der Waals surface area (Å²) in [6.45, 7) is 7.71. The van der Waals surface area contributed by atoms with Gasteiger partial charge in [-0.15, -0.1) is 0 Å². The molecule has 0 fully saturated rings. The van der Waals surface area contributed by atoms with E-state index in [0.717, 1.165) is 11.1 Å². The maximum absolute atomic E-state index is 13.2. The number of benzene rings is 2. The van der Waals surface area contributed by atoms with Crippen LogP contribution in [0.3, 0.4) is 0 Å². The maximum Gasteiger partial charge on any atom is 0.306 e. The molecule has 6 heteroatoms. The number of hydrogen-bond acceptors (Lipinski definition) is 4. The van der Waals surface area contributed by atoms with E-state index in [2.05, 4.69) is 0 Å². The smallest absolute Gasteiger partial charge is 0.306 e. The lowest BCUT2D eigenvalue weighted by Gasteiger charge is -2.22. The van der Waals surface area contributed by atoms with Gasteiger partial charge >= 0.3 is 5.97 Å². The zero-order valence-electron chi connectivity index (χ0n) is 17.7. The molecular weight excluding hydrogens is 423 g/mol. The Balaban J connectivity index is 1.73. The van der Waals surface area contributed by atoms with E-state index in [1.165, 1.54) is 0 Å². The van der Waals surface area contributed by atoms with E-state index in [-0.39, 0.29) is 34.8 Å². The van der Waals surface area contributed by atoms with Gasteiger partial charge in [0.2, 0.25) is 0 Å². The van der Waals surface area contributed by atoms with Gasteiger partial charge in [-0.3, -0.25) is 9.59 Å². The third-order valence-corrected chi connectivity index (χ3v) is 5.99. The molecule has 1 atom stereocenters. The predicted molar refractivity (Wildman–Crippen MR) is 119 cm³/mol. The fourth-order valence-corrected chi connectivity index (χ4v) is 4.21. The van der Waals surface area contributed by atoms with E-state index in [0.29, 0.717) is 24.2 Å². The highest BCUT2D eigenvalue weighted by molar-refractivity contribution is 6.45. The molecule has 1 aliphatic rings. The molecule has 2 aromatic rings. The van der Waals surface area contributed by atoms with Crippen LogP contribution in [0.5, 0.6) is 5.75 Å². The largest absolute Gasteiger partial charge is 0.492 e. The number of ether oxygens (including phenoxy) is 2. The average Bonchev–Trinajstić information content (AvgIpc) is 2.93. The molecule has 160 valence electrons. The summed E-state index contributed by atoms with van der Waals surface area (Å²) in [6, 6.07) is 11.5. The van der Waals surface area contributed by atoms with Crippen LogP contribution in [0, 0.1) is 0 Å². The number of carbonyl (C=O) groups excluding carboxylic acids is 2. The monoisotopic (exact) mass is 448 g/mol. The molecule has 0 N–H and O–H groups in total. The number of fused-ring (bicyclic) bond motifs is 1. The molecule has 3 rings (SSSR count). The van der Waals surface area contributed by atoms with Gasteiger partial charge in [-0.25, -0.2) is 0 Å². The van der Waals surface area contributed by atoms with Crippen molar-refractivity contribution < 1.29 is 19.1 Å². The van der Waals surface area contributed by atoms with Crippen LogP contribution in [-0.2, 0) is 21.4 Å². The van der Waals surface area contributed by atoms with Crippen molar-refractivity contribution in [1.82, 2.24) is 0 Å². The summed E-state index contributed by atoms with van der Waals surface area (Å²) in [5.74, 6) is 0.121. The molecule has 0 heterocycles. The topological polar surface area (TPSA) is 52.6 Å². The minimum Gasteiger partial charge on any atom is -0.492 e. The minimum atomic E-state index is -0.689. The molecule has 2 aromatic carbocycles. The first-order chi connectivity index (χ1) is 14.0. The van der Waals surface area contributed by atoms with Crippen LogP contribution in [0.4, 0.5) is 0 Å². The van der Waals surface area contributed by atoms with Crippen LogP contribution in [0.2, 0.25) is 10.0 Å². The summed E-state index contributed by atoms with van der Waals surface area (Å²) >= 11 is 12.9.